The molecule has 1 rings (SSSR count). The maximum Gasteiger partial charge on any atom is 0.573 e. The number of halogens is 7. The van der Waals surface area contributed by atoms with Crippen molar-refractivity contribution in [1.82, 2.24) is 4.98 Å². The lowest BCUT2D eigenvalue weighted by Crippen LogP contribution is -2.22. The van der Waals surface area contributed by atoms with E-state index in [1.165, 1.54) is 0 Å². The maximum absolute atomic E-state index is 12.7. The number of hydrogen-bond donors (Lipinski definition) is 1. The highest BCUT2D eigenvalue weighted by Crippen LogP contribution is 2.37. The predicted octanol–water partition coefficient (Wildman–Crippen LogP) is 2.84. The van der Waals surface area contributed by atoms with Crippen molar-refractivity contribution in [3.63, 3.8) is 0 Å². The van der Waals surface area contributed by atoms with Crippen molar-refractivity contribution in [2.75, 3.05) is 0 Å². The van der Waals surface area contributed by atoms with E-state index in [2.05, 4.69) is 9.72 Å². The van der Waals surface area contributed by atoms with Gasteiger partial charge in [-0.25, -0.2) is 4.98 Å². The number of pyridine rings is 1. The smallest absolute Gasteiger partial charge is 0.405 e. The summed E-state index contributed by atoms with van der Waals surface area (Å²) in [5.41, 5.74) is 1.08. The van der Waals surface area contributed by atoms with E-state index in [0.29, 0.717) is 6.07 Å². The third kappa shape index (κ3) is 3.97. The minimum absolute atomic E-state index is 0.471. The molecule has 0 aliphatic carbocycles. The monoisotopic (exact) mass is 322 g/mol. The lowest BCUT2D eigenvalue weighted by atomic mass is 10.1. The molecular weight excluding hydrogens is 318 g/mol. The second-order valence-corrected chi connectivity index (χ2v) is 3.70. The standard InChI is InChI=1S/C9H5ClF6N2O2/c10-7(19)5-4(20-9(14,15)16)1-3(2-17)18-6(5)8(11,12)13/h1H,2,17H2. The third-order valence-electron chi connectivity index (χ3n) is 1.94. The highest BCUT2D eigenvalue weighted by molar-refractivity contribution is 6.68. The van der Waals surface area contributed by atoms with Crippen LogP contribution in [0.2, 0.25) is 0 Å². The molecule has 20 heavy (non-hydrogen) atoms. The molecule has 0 saturated heterocycles. The SMILES string of the molecule is NCc1cc(OC(F)(F)F)c(C(=O)Cl)c(C(F)(F)F)n1. The first-order valence-electron chi connectivity index (χ1n) is 4.72. The van der Waals surface area contributed by atoms with Gasteiger partial charge in [0.15, 0.2) is 5.69 Å². The Kier molecular flexibility index (Phi) is 4.49. The number of carbonyl (C=O) groups is 1. The van der Waals surface area contributed by atoms with Gasteiger partial charge < -0.3 is 10.5 Å². The van der Waals surface area contributed by atoms with Crippen LogP contribution in [0.4, 0.5) is 26.3 Å². The fourth-order valence-corrected chi connectivity index (χ4v) is 1.46. The summed E-state index contributed by atoms with van der Waals surface area (Å²) >= 11 is 4.89. The van der Waals surface area contributed by atoms with E-state index < -0.39 is 47.0 Å². The molecule has 0 fully saturated rings. The van der Waals surface area contributed by atoms with Crippen LogP contribution in [-0.2, 0) is 12.7 Å². The summed E-state index contributed by atoms with van der Waals surface area (Å²) in [6.07, 6.45) is -10.5. The molecule has 0 spiro atoms. The van der Waals surface area contributed by atoms with Gasteiger partial charge in [-0.1, -0.05) is 0 Å². The predicted molar refractivity (Wildman–Crippen MR) is 54.0 cm³/mol. The molecule has 0 unspecified atom stereocenters. The topological polar surface area (TPSA) is 65.2 Å². The van der Waals surface area contributed by atoms with Crippen molar-refractivity contribution in [3.8, 4) is 5.75 Å². The summed E-state index contributed by atoms with van der Waals surface area (Å²) in [7, 11) is 0. The highest BCUT2D eigenvalue weighted by atomic mass is 35.5. The molecule has 4 nitrogen and oxygen atoms in total. The average Bonchev–Trinajstić information content (AvgIpc) is 2.23. The molecule has 0 radical (unpaired) electrons. The Hall–Kier alpha value is -1.55. The number of nitrogens with zero attached hydrogens (tertiary/aromatic N) is 1. The number of nitrogens with two attached hydrogens (primary N) is 1. The lowest BCUT2D eigenvalue weighted by Gasteiger charge is -2.16. The van der Waals surface area contributed by atoms with Gasteiger partial charge in [0, 0.05) is 12.6 Å². The van der Waals surface area contributed by atoms with Crippen molar-refractivity contribution >= 4 is 16.8 Å². The number of ether oxygens (including phenoxy) is 1. The second kappa shape index (κ2) is 5.44. The van der Waals surface area contributed by atoms with Gasteiger partial charge in [-0.15, -0.1) is 13.2 Å². The zero-order valence-electron chi connectivity index (χ0n) is 9.27. The summed E-state index contributed by atoms with van der Waals surface area (Å²) in [6, 6.07) is 0.471. The van der Waals surface area contributed by atoms with Crippen LogP contribution in [0.1, 0.15) is 21.7 Å². The first-order chi connectivity index (χ1) is 8.95. The molecule has 0 atom stereocenters. The van der Waals surface area contributed by atoms with Crippen LogP contribution in [0, 0.1) is 0 Å². The van der Waals surface area contributed by atoms with Gasteiger partial charge in [0.25, 0.3) is 5.24 Å². The van der Waals surface area contributed by atoms with Gasteiger partial charge in [-0.3, -0.25) is 4.79 Å². The molecule has 2 N–H and O–H groups in total. The molecular formula is C9H5ClF6N2O2. The minimum atomic E-state index is -5.31. The normalized spacial score (nSPS) is 12.4. The molecule has 1 aromatic rings. The van der Waals surface area contributed by atoms with Crippen LogP contribution in [0.5, 0.6) is 5.75 Å². The van der Waals surface area contributed by atoms with Crippen LogP contribution in [0.15, 0.2) is 6.07 Å². The van der Waals surface area contributed by atoms with Crippen molar-refractivity contribution in [1.29, 1.82) is 0 Å². The van der Waals surface area contributed by atoms with Crippen LogP contribution in [0.3, 0.4) is 0 Å². The van der Waals surface area contributed by atoms with Crippen LogP contribution < -0.4 is 10.5 Å². The van der Waals surface area contributed by atoms with Gasteiger partial charge in [0.05, 0.1) is 5.69 Å². The number of rotatable bonds is 3. The van der Waals surface area contributed by atoms with E-state index in [-0.39, 0.29) is 0 Å². The Morgan fingerprint density at radius 3 is 2.20 bits per heavy atom. The molecule has 0 aromatic carbocycles. The first-order valence-corrected chi connectivity index (χ1v) is 5.10. The van der Waals surface area contributed by atoms with E-state index in [4.69, 9.17) is 17.3 Å². The maximum atomic E-state index is 12.7. The van der Waals surface area contributed by atoms with Crippen molar-refractivity contribution < 1.29 is 35.9 Å². The summed E-state index contributed by atoms with van der Waals surface area (Å²) in [6.45, 7) is -0.589. The van der Waals surface area contributed by atoms with Gasteiger partial charge in [0.2, 0.25) is 0 Å². The molecule has 0 amide bonds. The molecule has 0 saturated carbocycles. The number of aromatic nitrogens is 1. The largest absolute Gasteiger partial charge is 0.573 e. The number of hydrogen-bond acceptors (Lipinski definition) is 4. The Labute approximate surface area is 112 Å². The molecule has 0 bridgehead atoms. The fourth-order valence-electron chi connectivity index (χ4n) is 1.28. The van der Waals surface area contributed by atoms with Gasteiger partial charge in [-0.2, -0.15) is 13.2 Å². The van der Waals surface area contributed by atoms with Crippen molar-refractivity contribution in [2.24, 2.45) is 5.73 Å². The van der Waals surface area contributed by atoms with Crippen molar-refractivity contribution in [2.45, 2.75) is 19.1 Å². The fraction of sp³-hybridized carbons (Fsp3) is 0.333. The molecule has 1 aromatic heterocycles. The molecule has 1 heterocycles. The number of carbonyl (C=O) groups excluding carboxylic acids is 1. The van der Waals surface area contributed by atoms with Gasteiger partial charge >= 0.3 is 12.5 Å². The Morgan fingerprint density at radius 1 is 1.30 bits per heavy atom. The van der Waals surface area contributed by atoms with Crippen LogP contribution in [-0.4, -0.2) is 16.6 Å². The van der Waals surface area contributed by atoms with Crippen LogP contribution in [0.25, 0.3) is 0 Å². The van der Waals surface area contributed by atoms with E-state index in [1.807, 2.05) is 0 Å². The average molecular weight is 323 g/mol. The second-order valence-electron chi connectivity index (χ2n) is 3.36. The lowest BCUT2D eigenvalue weighted by molar-refractivity contribution is -0.274. The number of alkyl halides is 6. The Bertz CT molecular complexity index is 528. The summed E-state index contributed by atoms with van der Waals surface area (Å²) in [4.78, 5) is 13.9. The molecule has 112 valence electrons. The summed E-state index contributed by atoms with van der Waals surface area (Å²) in [5.74, 6) is -1.40. The Morgan fingerprint density at radius 2 is 1.85 bits per heavy atom. The zero-order chi connectivity index (χ0) is 15.7. The van der Waals surface area contributed by atoms with E-state index in [1.54, 1.807) is 0 Å². The molecule has 0 aliphatic heterocycles. The molecule has 11 heteroatoms. The zero-order valence-corrected chi connectivity index (χ0v) is 10.0. The first kappa shape index (κ1) is 16.5. The summed E-state index contributed by atoms with van der Waals surface area (Å²) in [5, 5.41) is -1.78. The quantitative estimate of drug-likeness (QED) is 0.686. The molecule has 0 aliphatic rings. The minimum Gasteiger partial charge on any atom is -0.405 e. The van der Waals surface area contributed by atoms with Gasteiger partial charge in [-0.05, 0) is 11.6 Å². The van der Waals surface area contributed by atoms with Crippen LogP contribution >= 0.6 is 11.6 Å². The van der Waals surface area contributed by atoms with E-state index in [9.17, 15) is 31.1 Å². The van der Waals surface area contributed by atoms with Gasteiger partial charge in [0.1, 0.15) is 11.3 Å². The van der Waals surface area contributed by atoms with E-state index >= 15 is 0 Å². The highest BCUT2D eigenvalue weighted by Gasteiger charge is 2.41. The van der Waals surface area contributed by atoms with Crippen molar-refractivity contribution in [3.05, 3.63) is 23.0 Å². The Balaban J connectivity index is 3.59. The third-order valence-corrected chi connectivity index (χ3v) is 2.13. The summed E-state index contributed by atoms with van der Waals surface area (Å²) < 4.78 is 77.8. The van der Waals surface area contributed by atoms with E-state index in [0.717, 1.165) is 0 Å².